The second-order valence-electron chi connectivity index (χ2n) is 4.94. The number of amides is 3. The van der Waals surface area contributed by atoms with Crippen molar-refractivity contribution < 1.29 is 14.0 Å². The van der Waals surface area contributed by atoms with Gasteiger partial charge in [0.15, 0.2) is 0 Å². The van der Waals surface area contributed by atoms with Gasteiger partial charge in [-0.2, -0.15) is 0 Å². The molecule has 114 valence electrons. The molecule has 1 aromatic carbocycles. The minimum absolute atomic E-state index is 0.0433. The number of carbonyl (C=O) groups excluding carboxylic acids is 2. The molecule has 1 aromatic rings. The van der Waals surface area contributed by atoms with Crippen LogP contribution in [0.25, 0.3) is 0 Å². The van der Waals surface area contributed by atoms with Gasteiger partial charge < -0.3 is 15.5 Å². The van der Waals surface area contributed by atoms with Crippen LogP contribution >= 0.6 is 11.6 Å². The molecule has 0 aliphatic heterocycles. The van der Waals surface area contributed by atoms with Crippen molar-refractivity contribution in [3.05, 3.63) is 29.0 Å². The second-order valence-corrected chi connectivity index (χ2v) is 5.35. The van der Waals surface area contributed by atoms with Crippen LogP contribution in [0.2, 0.25) is 5.02 Å². The quantitative estimate of drug-likeness (QED) is 0.876. The van der Waals surface area contributed by atoms with E-state index in [4.69, 9.17) is 11.6 Å². The van der Waals surface area contributed by atoms with Crippen LogP contribution in [0.15, 0.2) is 18.2 Å². The van der Waals surface area contributed by atoms with Gasteiger partial charge in [-0.3, -0.25) is 4.79 Å². The Morgan fingerprint density at radius 2 is 2.14 bits per heavy atom. The molecule has 0 radical (unpaired) electrons. The fourth-order valence-corrected chi connectivity index (χ4v) is 2.04. The molecule has 1 aliphatic rings. The van der Waals surface area contributed by atoms with Crippen molar-refractivity contribution in [1.82, 2.24) is 10.6 Å². The smallest absolute Gasteiger partial charge is 0.315 e. The third-order valence-corrected chi connectivity index (χ3v) is 3.42. The molecule has 2 N–H and O–H groups in total. The molecule has 3 amide bonds. The number of hydrogen-bond acceptors (Lipinski definition) is 2. The Morgan fingerprint density at radius 3 is 2.71 bits per heavy atom. The lowest BCUT2D eigenvalue weighted by Gasteiger charge is -2.21. The molecular weight excluding hydrogens is 297 g/mol. The van der Waals surface area contributed by atoms with Crippen LogP contribution in [0.1, 0.15) is 19.8 Å². The van der Waals surface area contributed by atoms with Gasteiger partial charge in [-0.25, -0.2) is 9.18 Å². The lowest BCUT2D eigenvalue weighted by Crippen LogP contribution is -2.42. The first kappa shape index (κ1) is 15.6. The molecule has 1 aliphatic carbocycles. The first-order valence-electron chi connectivity index (χ1n) is 6.75. The summed E-state index contributed by atoms with van der Waals surface area (Å²) in [7, 11) is 0. The van der Waals surface area contributed by atoms with Gasteiger partial charge in [0.05, 0.1) is 5.02 Å². The molecule has 1 fully saturated rings. The summed E-state index contributed by atoms with van der Waals surface area (Å²) < 4.78 is 13.1. The molecule has 0 aromatic heterocycles. The monoisotopic (exact) mass is 313 g/mol. The Morgan fingerprint density at radius 1 is 1.43 bits per heavy atom. The number of carbonyl (C=O) groups is 2. The summed E-state index contributed by atoms with van der Waals surface area (Å²) in [4.78, 5) is 24.6. The first-order valence-corrected chi connectivity index (χ1v) is 7.12. The van der Waals surface area contributed by atoms with E-state index in [0.717, 1.165) is 12.8 Å². The topological polar surface area (TPSA) is 61.4 Å². The standard InChI is InChI=1S/C14H17ClFN3O2/c1-9(20)19(11-4-5-13(16)12(15)8-11)7-6-17-14(21)18-10-2-3-10/h4-5,8,10H,2-3,6-7H2,1H3,(H2,17,18,21). The summed E-state index contributed by atoms with van der Waals surface area (Å²) in [5.41, 5.74) is 0.498. The van der Waals surface area contributed by atoms with E-state index in [9.17, 15) is 14.0 Å². The van der Waals surface area contributed by atoms with Crippen molar-refractivity contribution in [2.24, 2.45) is 0 Å². The molecule has 0 saturated heterocycles. The summed E-state index contributed by atoms with van der Waals surface area (Å²) in [6.45, 7) is 1.99. The van der Waals surface area contributed by atoms with Crippen LogP contribution in [0.3, 0.4) is 0 Å². The predicted molar refractivity (Wildman–Crippen MR) is 79.0 cm³/mol. The number of anilines is 1. The second kappa shape index (κ2) is 6.76. The Hall–Kier alpha value is -1.82. The summed E-state index contributed by atoms with van der Waals surface area (Å²) >= 11 is 5.72. The highest BCUT2D eigenvalue weighted by Crippen LogP contribution is 2.22. The van der Waals surface area contributed by atoms with Gasteiger partial charge in [0.2, 0.25) is 5.91 Å². The van der Waals surface area contributed by atoms with Crippen molar-refractivity contribution in [2.75, 3.05) is 18.0 Å². The highest BCUT2D eigenvalue weighted by Gasteiger charge is 2.23. The number of hydrogen-bond donors (Lipinski definition) is 2. The van der Waals surface area contributed by atoms with Crippen LogP contribution in [-0.2, 0) is 4.79 Å². The molecule has 0 unspecified atom stereocenters. The summed E-state index contributed by atoms with van der Waals surface area (Å²) in [6, 6.07) is 4.12. The Balaban J connectivity index is 1.90. The molecule has 0 bridgehead atoms. The lowest BCUT2D eigenvalue weighted by molar-refractivity contribution is -0.116. The SMILES string of the molecule is CC(=O)N(CCNC(=O)NC1CC1)c1ccc(F)c(Cl)c1. The Kier molecular flexibility index (Phi) is 5.01. The minimum Gasteiger partial charge on any atom is -0.336 e. The van der Waals surface area contributed by atoms with Crippen LogP contribution in [-0.4, -0.2) is 31.1 Å². The largest absolute Gasteiger partial charge is 0.336 e. The van der Waals surface area contributed by atoms with Gasteiger partial charge in [0, 0.05) is 31.7 Å². The van der Waals surface area contributed by atoms with E-state index in [1.807, 2.05) is 0 Å². The number of halogens is 2. The van der Waals surface area contributed by atoms with E-state index in [-0.39, 0.29) is 29.5 Å². The zero-order valence-electron chi connectivity index (χ0n) is 11.7. The fourth-order valence-electron chi connectivity index (χ4n) is 1.87. The maximum Gasteiger partial charge on any atom is 0.315 e. The molecule has 0 atom stereocenters. The van der Waals surface area contributed by atoms with Crippen molar-refractivity contribution in [1.29, 1.82) is 0 Å². The van der Waals surface area contributed by atoms with E-state index in [1.54, 1.807) is 0 Å². The normalized spacial score (nSPS) is 13.7. The molecule has 21 heavy (non-hydrogen) atoms. The average Bonchev–Trinajstić information content (AvgIpc) is 3.21. The fraction of sp³-hybridized carbons (Fsp3) is 0.429. The molecule has 0 spiro atoms. The van der Waals surface area contributed by atoms with Crippen LogP contribution < -0.4 is 15.5 Å². The lowest BCUT2D eigenvalue weighted by atomic mass is 10.2. The van der Waals surface area contributed by atoms with Crippen LogP contribution in [0.5, 0.6) is 0 Å². The third kappa shape index (κ3) is 4.60. The molecule has 2 rings (SSSR count). The van der Waals surface area contributed by atoms with Crippen LogP contribution in [0.4, 0.5) is 14.9 Å². The first-order chi connectivity index (χ1) is 9.97. The summed E-state index contributed by atoms with van der Waals surface area (Å²) in [5.74, 6) is -0.743. The third-order valence-electron chi connectivity index (χ3n) is 3.13. The van der Waals surface area contributed by atoms with Crippen molar-refractivity contribution in [3.8, 4) is 0 Å². The Labute approximate surface area is 127 Å². The average molecular weight is 314 g/mol. The van der Waals surface area contributed by atoms with Gasteiger partial charge in [-0.1, -0.05) is 11.6 Å². The minimum atomic E-state index is -0.536. The van der Waals surface area contributed by atoms with E-state index < -0.39 is 5.82 Å². The molecule has 1 saturated carbocycles. The highest BCUT2D eigenvalue weighted by molar-refractivity contribution is 6.31. The zero-order chi connectivity index (χ0) is 15.4. The zero-order valence-corrected chi connectivity index (χ0v) is 12.4. The highest BCUT2D eigenvalue weighted by atomic mass is 35.5. The molecular formula is C14H17ClFN3O2. The summed E-state index contributed by atoms with van der Waals surface area (Å²) in [5, 5.41) is 5.43. The van der Waals surface area contributed by atoms with Gasteiger partial charge >= 0.3 is 6.03 Å². The summed E-state index contributed by atoms with van der Waals surface area (Å²) in [6.07, 6.45) is 2.03. The number of nitrogens with one attached hydrogen (secondary N) is 2. The van der Waals surface area contributed by atoms with E-state index in [2.05, 4.69) is 10.6 Å². The van der Waals surface area contributed by atoms with Gasteiger partial charge in [0.1, 0.15) is 5.82 Å². The number of urea groups is 1. The van der Waals surface area contributed by atoms with Gasteiger partial charge in [0.25, 0.3) is 0 Å². The van der Waals surface area contributed by atoms with E-state index in [1.165, 1.54) is 30.0 Å². The van der Waals surface area contributed by atoms with Crippen molar-refractivity contribution >= 4 is 29.2 Å². The number of benzene rings is 1. The number of rotatable bonds is 5. The van der Waals surface area contributed by atoms with Crippen molar-refractivity contribution in [2.45, 2.75) is 25.8 Å². The maximum absolute atomic E-state index is 13.1. The molecule has 0 heterocycles. The van der Waals surface area contributed by atoms with Crippen LogP contribution in [0, 0.1) is 5.82 Å². The maximum atomic E-state index is 13.1. The van der Waals surface area contributed by atoms with E-state index in [0.29, 0.717) is 12.2 Å². The van der Waals surface area contributed by atoms with E-state index >= 15 is 0 Å². The van der Waals surface area contributed by atoms with Crippen molar-refractivity contribution in [3.63, 3.8) is 0 Å². The molecule has 5 nitrogen and oxygen atoms in total. The number of nitrogens with zero attached hydrogens (tertiary/aromatic N) is 1. The van der Waals surface area contributed by atoms with Gasteiger partial charge in [-0.05, 0) is 31.0 Å². The predicted octanol–water partition coefficient (Wildman–Crippen LogP) is 2.29. The Bertz CT molecular complexity index is 549. The van der Waals surface area contributed by atoms with Gasteiger partial charge in [-0.15, -0.1) is 0 Å². The molecule has 7 heteroatoms.